The van der Waals surface area contributed by atoms with E-state index in [2.05, 4.69) is 35.4 Å². The van der Waals surface area contributed by atoms with Crippen LogP contribution in [0, 0.1) is 5.82 Å². The summed E-state index contributed by atoms with van der Waals surface area (Å²) in [6, 6.07) is 12.5. The molecule has 1 aromatic heterocycles. The fourth-order valence-corrected chi connectivity index (χ4v) is 3.83. The van der Waals surface area contributed by atoms with Gasteiger partial charge in [0.15, 0.2) is 6.61 Å². The van der Waals surface area contributed by atoms with Gasteiger partial charge in [0.05, 0.1) is 11.8 Å². The van der Waals surface area contributed by atoms with Gasteiger partial charge in [0.2, 0.25) is 0 Å². The maximum Gasteiger partial charge on any atom is 0.277 e. The van der Waals surface area contributed by atoms with Crippen molar-refractivity contribution >= 4 is 34.3 Å². The predicted octanol–water partition coefficient (Wildman–Crippen LogP) is 4.53. The number of para-hydroxylation sites is 1. The van der Waals surface area contributed by atoms with Crippen molar-refractivity contribution in [3.63, 3.8) is 0 Å². The van der Waals surface area contributed by atoms with E-state index >= 15 is 0 Å². The molecule has 7 heteroatoms. The van der Waals surface area contributed by atoms with Crippen LogP contribution >= 0.6 is 0 Å². The molecule has 4 rings (SSSR count). The highest BCUT2D eigenvalue weighted by Crippen LogP contribution is 2.38. The lowest BCUT2D eigenvalue weighted by Crippen LogP contribution is -2.42. The number of nitrogens with one attached hydrogen (secondary N) is 1. The standard InChI is InChI=1S/C25H25FN4O2/c1-16-13-25(2,3)30(4)21-12-20(26)18(11-19(16)21)14-28-29-23(31)15-32-22-9-5-7-17-8-6-10-27-24(17)22/h5-14H,15H2,1-4H3,(H,29,31)/b28-14-. The lowest BCUT2D eigenvalue weighted by atomic mass is 9.88. The van der Waals surface area contributed by atoms with Crippen LogP contribution in [-0.4, -0.2) is 36.3 Å². The molecule has 0 fully saturated rings. The Morgan fingerprint density at radius 3 is 2.88 bits per heavy atom. The normalized spacial score (nSPS) is 14.9. The summed E-state index contributed by atoms with van der Waals surface area (Å²) in [6.45, 7) is 5.94. The first kappa shape index (κ1) is 21.5. The summed E-state index contributed by atoms with van der Waals surface area (Å²) in [4.78, 5) is 18.5. The Morgan fingerprint density at radius 1 is 1.28 bits per heavy atom. The topological polar surface area (TPSA) is 66.8 Å². The molecule has 0 saturated heterocycles. The SMILES string of the molecule is CC1=CC(C)(C)N(C)c2cc(F)c(/C=N\NC(=O)COc3cccc4cccnc34)cc21. The number of halogens is 1. The Bertz CT molecular complexity index is 1240. The summed E-state index contributed by atoms with van der Waals surface area (Å²) >= 11 is 0. The summed E-state index contributed by atoms with van der Waals surface area (Å²) in [5.74, 6) is -0.348. The van der Waals surface area contributed by atoms with E-state index in [1.54, 1.807) is 18.3 Å². The lowest BCUT2D eigenvalue weighted by Gasteiger charge is -2.40. The van der Waals surface area contributed by atoms with Gasteiger partial charge in [-0.15, -0.1) is 0 Å². The van der Waals surface area contributed by atoms with Gasteiger partial charge in [0, 0.05) is 35.4 Å². The molecule has 0 unspecified atom stereocenters. The molecule has 0 saturated carbocycles. The molecule has 164 valence electrons. The number of likely N-dealkylation sites (N-methyl/N-ethyl adjacent to an activating group) is 1. The number of ether oxygens (including phenoxy) is 1. The van der Waals surface area contributed by atoms with Crippen molar-refractivity contribution in [1.29, 1.82) is 0 Å². The van der Waals surface area contributed by atoms with E-state index < -0.39 is 11.7 Å². The van der Waals surface area contributed by atoms with E-state index in [1.807, 2.05) is 43.1 Å². The van der Waals surface area contributed by atoms with E-state index in [0.717, 1.165) is 22.2 Å². The van der Waals surface area contributed by atoms with Gasteiger partial charge in [-0.1, -0.05) is 24.3 Å². The van der Waals surface area contributed by atoms with Gasteiger partial charge in [-0.3, -0.25) is 9.78 Å². The van der Waals surface area contributed by atoms with Crippen LogP contribution in [0.4, 0.5) is 10.1 Å². The number of benzene rings is 2. The number of carbonyl (C=O) groups excluding carboxylic acids is 1. The van der Waals surface area contributed by atoms with E-state index in [-0.39, 0.29) is 12.1 Å². The molecule has 1 N–H and O–H groups in total. The number of rotatable bonds is 5. The molecule has 0 radical (unpaired) electrons. The third-order valence-corrected chi connectivity index (χ3v) is 5.68. The maximum atomic E-state index is 14.7. The van der Waals surface area contributed by atoms with Crippen molar-refractivity contribution in [2.24, 2.45) is 5.10 Å². The van der Waals surface area contributed by atoms with Crippen LogP contribution in [0.2, 0.25) is 0 Å². The number of amides is 1. The quantitative estimate of drug-likeness (QED) is 0.475. The molecule has 0 bridgehead atoms. The second kappa shape index (κ2) is 8.42. The minimum atomic E-state index is -0.454. The van der Waals surface area contributed by atoms with Crippen LogP contribution in [0.5, 0.6) is 5.75 Å². The fraction of sp³-hybridized carbons (Fsp3) is 0.240. The van der Waals surface area contributed by atoms with Crippen molar-refractivity contribution in [2.45, 2.75) is 26.3 Å². The van der Waals surface area contributed by atoms with Gasteiger partial charge in [-0.05, 0) is 50.6 Å². The third-order valence-electron chi connectivity index (χ3n) is 5.68. The zero-order valence-electron chi connectivity index (χ0n) is 18.5. The van der Waals surface area contributed by atoms with Crippen LogP contribution < -0.4 is 15.1 Å². The van der Waals surface area contributed by atoms with Crippen molar-refractivity contribution in [3.05, 3.63) is 71.7 Å². The molecule has 1 aliphatic rings. The molecule has 1 aliphatic heterocycles. The highest BCUT2D eigenvalue weighted by Gasteiger charge is 2.29. The van der Waals surface area contributed by atoms with E-state index in [0.29, 0.717) is 16.8 Å². The summed E-state index contributed by atoms with van der Waals surface area (Å²) in [5, 5.41) is 4.83. The molecule has 6 nitrogen and oxygen atoms in total. The van der Waals surface area contributed by atoms with Crippen molar-refractivity contribution < 1.29 is 13.9 Å². The molecule has 2 heterocycles. The Kier molecular flexibility index (Phi) is 5.65. The number of hydrogen-bond donors (Lipinski definition) is 1. The van der Waals surface area contributed by atoms with Gasteiger partial charge in [0.25, 0.3) is 5.91 Å². The van der Waals surface area contributed by atoms with Crippen molar-refractivity contribution in [1.82, 2.24) is 10.4 Å². The predicted molar refractivity (Wildman–Crippen MR) is 126 cm³/mol. The number of allylic oxidation sites excluding steroid dienone is 1. The zero-order valence-corrected chi connectivity index (χ0v) is 18.5. The molecular weight excluding hydrogens is 407 g/mol. The molecule has 2 aromatic carbocycles. The number of fused-ring (bicyclic) bond motifs is 2. The number of hydrogen-bond acceptors (Lipinski definition) is 5. The first-order valence-electron chi connectivity index (χ1n) is 10.3. The van der Waals surface area contributed by atoms with Crippen LogP contribution in [0.25, 0.3) is 16.5 Å². The molecule has 32 heavy (non-hydrogen) atoms. The Hall–Kier alpha value is -3.74. The average molecular weight is 432 g/mol. The summed E-state index contributed by atoms with van der Waals surface area (Å²) < 4.78 is 20.3. The molecular formula is C25H25FN4O2. The highest BCUT2D eigenvalue weighted by atomic mass is 19.1. The van der Waals surface area contributed by atoms with E-state index in [4.69, 9.17) is 4.74 Å². The van der Waals surface area contributed by atoms with Crippen molar-refractivity contribution in [2.75, 3.05) is 18.6 Å². The first-order valence-corrected chi connectivity index (χ1v) is 10.3. The fourth-order valence-electron chi connectivity index (χ4n) is 3.83. The number of pyridine rings is 1. The minimum Gasteiger partial charge on any atom is -0.481 e. The molecule has 3 aromatic rings. The van der Waals surface area contributed by atoms with Gasteiger partial charge in [-0.25, -0.2) is 9.82 Å². The number of anilines is 1. The molecule has 0 aliphatic carbocycles. The zero-order chi connectivity index (χ0) is 22.9. The number of hydrazone groups is 1. The smallest absolute Gasteiger partial charge is 0.277 e. The monoisotopic (exact) mass is 432 g/mol. The lowest BCUT2D eigenvalue weighted by molar-refractivity contribution is -0.123. The average Bonchev–Trinajstić information content (AvgIpc) is 2.76. The highest BCUT2D eigenvalue weighted by molar-refractivity contribution is 5.89. The van der Waals surface area contributed by atoms with Gasteiger partial charge in [-0.2, -0.15) is 5.10 Å². The van der Waals surface area contributed by atoms with Gasteiger partial charge >= 0.3 is 0 Å². The van der Waals surface area contributed by atoms with Crippen molar-refractivity contribution in [3.8, 4) is 5.75 Å². The van der Waals surface area contributed by atoms with E-state index in [9.17, 15) is 9.18 Å². The number of nitrogens with zero attached hydrogens (tertiary/aromatic N) is 3. The summed E-state index contributed by atoms with van der Waals surface area (Å²) in [7, 11) is 1.95. The van der Waals surface area contributed by atoms with Crippen LogP contribution in [0.3, 0.4) is 0 Å². The van der Waals surface area contributed by atoms with Crippen LogP contribution in [0.1, 0.15) is 31.9 Å². The largest absolute Gasteiger partial charge is 0.481 e. The molecule has 0 spiro atoms. The summed E-state index contributed by atoms with van der Waals surface area (Å²) in [6.07, 6.45) is 5.12. The van der Waals surface area contributed by atoms with E-state index in [1.165, 1.54) is 12.3 Å². The van der Waals surface area contributed by atoms with Crippen LogP contribution in [0.15, 0.2) is 59.8 Å². The Morgan fingerprint density at radius 2 is 2.06 bits per heavy atom. The Balaban J connectivity index is 1.43. The second-order valence-corrected chi connectivity index (χ2v) is 8.34. The number of aromatic nitrogens is 1. The first-order chi connectivity index (χ1) is 15.3. The number of carbonyl (C=O) groups is 1. The van der Waals surface area contributed by atoms with Gasteiger partial charge in [0.1, 0.15) is 17.1 Å². The maximum absolute atomic E-state index is 14.7. The molecule has 1 amide bonds. The summed E-state index contributed by atoms with van der Waals surface area (Å²) in [5.41, 5.74) is 5.99. The molecule has 0 atom stereocenters. The minimum absolute atomic E-state index is 0.202. The third kappa shape index (κ3) is 4.19. The Labute approximate surface area is 186 Å². The van der Waals surface area contributed by atoms with Crippen LogP contribution in [-0.2, 0) is 4.79 Å². The van der Waals surface area contributed by atoms with Gasteiger partial charge < -0.3 is 9.64 Å². The second-order valence-electron chi connectivity index (χ2n) is 8.34.